The van der Waals surface area contributed by atoms with Gasteiger partial charge in [-0.25, -0.2) is 0 Å². The first-order chi connectivity index (χ1) is 7.31. The third-order valence-corrected chi connectivity index (χ3v) is 2.31. The highest BCUT2D eigenvalue weighted by Gasteiger charge is 1.88. The molecule has 84 valence electrons. The number of hydrogen-bond acceptors (Lipinski definition) is 0. The van der Waals surface area contributed by atoms with E-state index >= 15 is 0 Å². The van der Waals surface area contributed by atoms with Crippen LogP contribution in [0.15, 0.2) is 24.8 Å². The van der Waals surface area contributed by atoms with Crippen molar-refractivity contribution in [3.05, 3.63) is 24.8 Å². The quantitative estimate of drug-likeness (QED) is 0.300. The van der Waals surface area contributed by atoms with Gasteiger partial charge in [0.05, 0.1) is 0 Å². The molecule has 0 nitrogen and oxygen atoms in total. The van der Waals surface area contributed by atoms with Crippen molar-refractivity contribution in [2.24, 2.45) is 0 Å². The summed E-state index contributed by atoms with van der Waals surface area (Å²) in [7, 11) is 0. The predicted molar refractivity (Wildman–Crippen MR) is 69.7 cm³/mol. The molecule has 0 radical (unpaired) electrons. The summed E-state index contributed by atoms with van der Waals surface area (Å²) in [5.74, 6) is 6.34. The standard InChI is InChI=1S/C15H24/c1-4-6-8-9-10-12-14-15(3)13-11-7-5-2/h5H,2-4,6-11,13H2,1H3. The molecule has 0 fully saturated rings. The second-order valence-corrected chi connectivity index (χ2v) is 3.90. The van der Waals surface area contributed by atoms with E-state index in [2.05, 4.69) is 31.9 Å². The monoisotopic (exact) mass is 204 g/mol. The van der Waals surface area contributed by atoms with E-state index in [0.29, 0.717) is 0 Å². The first-order valence-corrected chi connectivity index (χ1v) is 6.08. The molecule has 0 saturated carbocycles. The zero-order valence-electron chi connectivity index (χ0n) is 10.1. The summed E-state index contributed by atoms with van der Waals surface area (Å²) in [6.07, 6.45) is 11.4. The Hall–Kier alpha value is -0.960. The zero-order chi connectivity index (χ0) is 11.4. The fourth-order valence-corrected chi connectivity index (χ4v) is 1.35. The predicted octanol–water partition coefficient (Wildman–Crippen LogP) is 4.87. The first kappa shape index (κ1) is 14.0. The molecule has 0 aromatic rings. The summed E-state index contributed by atoms with van der Waals surface area (Å²) in [5.41, 5.74) is 1.08. The highest BCUT2D eigenvalue weighted by Crippen LogP contribution is 2.05. The maximum Gasteiger partial charge on any atom is 0.00923 e. The van der Waals surface area contributed by atoms with Crippen LogP contribution in [0.3, 0.4) is 0 Å². The van der Waals surface area contributed by atoms with Crippen LogP contribution in [-0.4, -0.2) is 0 Å². The Morgan fingerprint density at radius 1 is 1.20 bits per heavy atom. The lowest BCUT2D eigenvalue weighted by atomic mass is 10.1. The number of allylic oxidation sites excluding steroid dienone is 2. The van der Waals surface area contributed by atoms with Crippen LogP contribution in [0.25, 0.3) is 0 Å². The Morgan fingerprint density at radius 2 is 2.00 bits per heavy atom. The van der Waals surface area contributed by atoms with Gasteiger partial charge in [0.15, 0.2) is 0 Å². The molecule has 0 spiro atoms. The van der Waals surface area contributed by atoms with Gasteiger partial charge in [-0.2, -0.15) is 0 Å². The molecule has 0 aliphatic heterocycles. The van der Waals surface area contributed by atoms with Crippen LogP contribution in [-0.2, 0) is 0 Å². The third kappa shape index (κ3) is 11.0. The zero-order valence-corrected chi connectivity index (χ0v) is 10.1. The van der Waals surface area contributed by atoms with Crippen molar-refractivity contribution in [1.29, 1.82) is 0 Å². The average Bonchev–Trinajstić information content (AvgIpc) is 2.23. The van der Waals surface area contributed by atoms with Crippen LogP contribution in [0.4, 0.5) is 0 Å². The molecule has 0 N–H and O–H groups in total. The minimum Gasteiger partial charge on any atom is -0.103 e. The van der Waals surface area contributed by atoms with E-state index < -0.39 is 0 Å². The second kappa shape index (κ2) is 11.1. The summed E-state index contributed by atoms with van der Waals surface area (Å²) in [5, 5.41) is 0. The molecule has 0 aromatic carbocycles. The van der Waals surface area contributed by atoms with Crippen LogP contribution < -0.4 is 0 Å². The molecule has 0 saturated heterocycles. The molecule has 0 rings (SSSR count). The van der Waals surface area contributed by atoms with Gasteiger partial charge in [-0.15, -0.1) is 6.58 Å². The lowest BCUT2D eigenvalue weighted by Gasteiger charge is -1.95. The van der Waals surface area contributed by atoms with Crippen molar-refractivity contribution in [3.63, 3.8) is 0 Å². The Bertz CT molecular complexity index is 224. The van der Waals surface area contributed by atoms with Gasteiger partial charge < -0.3 is 0 Å². The lowest BCUT2D eigenvalue weighted by Crippen LogP contribution is -1.78. The summed E-state index contributed by atoms with van der Waals surface area (Å²) in [6.45, 7) is 9.88. The van der Waals surface area contributed by atoms with Crippen molar-refractivity contribution in [2.45, 2.75) is 58.3 Å². The second-order valence-electron chi connectivity index (χ2n) is 3.90. The average molecular weight is 204 g/mol. The van der Waals surface area contributed by atoms with E-state index in [4.69, 9.17) is 0 Å². The Labute approximate surface area is 95.5 Å². The van der Waals surface area contributed by atoms with Crippen LogP contribution in [0.2, 0.25) is 0 Å². The molecule has 0 bridgehead atoms. The van der Waals surface area contributed by atoms with E-state index in [9.17, 15) is 0 Å². The molecule has 0 heteroatoms. The number of hydrogen-bond donors (Lipinski definition) is 0. The molecule has 15 heavy (non-hydrogen) atoms. The summed E-state index contributed by atoms with van der Waals surface area (Å²) in [4.78, 5) is 0. The Kier molecular flexibility index (Phi) is 10.4. The molecule has 0 atom stereocenters. The van der Waals surface area contributed by atoms with Gasteiger partial charge in [0.25, 0.3) is 0 Å². The smallest absolute Gasteiger partial charge is 0.00923 e. The molecule has 0 heterocycles. The molecule has 0 aliphatic rings. The molecular weight excluding hydrogens is 180 g/mol. The lowest BCUT2D eigenvalue weighted by molar-refractivity contribution is 0.679. The highest BCUT2D eigenvalue weighted by molar-refractivity contribution is 5.25. The van der Waals surface area contributed by atoms with Gasteiger partial charge in [0.2, 0.25) is 0 Å². The van der Waals surface area contributed by atoms with Crippen molar-refractivity contribution in [3.8, 4) is 11.8 Å². The molecule has 0 unspecified atom stereocenters. The van der Waals surface area contributed by atoms with Gasteiger partial charge in [-0.05, 0) is 31.3 Å². The number of unbranched alkanes of at least 4 members (excludes halogenated alkanes) is 5. The maximum absolute atomic E-state index is 3.95. The van der Waals surface area contributed by atoms with Crippen molar-refractivity contribution in [1.82, 2.24) is 0 Å². The van der Waals surface area contributed by atoms with Crippen molar-refractivity contribution in [2.75, 3.05) is 0 Å². The van der Waals surface area contributed by atoms with Crippen LogP contribution >= 0.6 is 0 Å². The summed E-state index contributed by atoms with van der Waals surface area (Å²) >= 11 is 0. The van der Waals surface area contributed by atoms with Gasteiger partial charge >= 0.3 is 0 Å². The van der Waals surface area contributed by atoms with Gasteiger partial charge in [-0.3, -0.25) is 0 Å². The SMILES string of the molecule is C=CCCCC(=C)C#CCCCCCC. The fourth-order valence-electron chi connectivity index (χ4n) is 1.35. The molecular formula is C15H24. The normalized spacial score (nSPS) is 9.13. The molecule has 0 amide bonds. The van der Waals surface area contributed by atoms with Crippen molar-refractivity contribution >= 4 is 0 Å². The summed E-state index contributed by atoms with van der Waals surface area (Å²) < 4.78 is 0. The van der Waals surface area contributed by atoms with Crippen LogP contribution in [0, 0.1) is 11.8 Å². The topological polar surface area (TPSA) is 0 Å². The Balaban J connectivity index is 3.41. The van der Waals surface area contributed by atoms with E-state index in [0.717, 1.165) is 31.3 Å². The largest absolute Gasteiger partial charge is 0.103 e. The fraction of sp³-hybridized carbons (Fsp3) is 0.600. The third-order valence-electron chi connectivity index (χ3n) is 2.31. The van der Waals surface area contributed by atoms with E-state index in [1.165, 1.54) is 25.7 Å². The molecule has 0 aromatic heterocycles. The highest BCUT2D eigenvalue weighted by atomic mass is 13.9. The minimum absolute atomic E-state index is 1.02. The van der Waals surface area contributed by atoms with Gasteiger partial charge in [0.1, 0.15) is 0 Å². The van der Waals surface area contributed by atoms with Crippen molar-refractivity contribution < 1.29 is 0 Å². The van der Waals surface area contributed by atoms with Gasteiger partial charge in [-0.1, -0.05) is 50.7 Å². The van der Waals surface area contributed by atoms with Crippen LogP contribution in [0.5, 0.6) is 0 Å². The van der Waals surface area contributed by atoms with E-state index in [1.54, 1.807) is 0 Å². The van der Waals surface area contributed by atoms with E-state index in [-0.39, 0.29) is 0 Å². The number of rotatable bonds is 8. The molecule has 0 aliphatic carbocycles. The van der Waals surface area contributed by atoms with Crippen LogP contribution in [0.1, 0.15) is 58.3 Å². The summed E-state index contributed by atoms with van der Waals surface area (Å²) in [6, 6.07) is 0. The first-order valence-electron chi connectivity index (χ1n) is 6.08. The maximum atomic E-state index is 3.95. The minimum atomic E-state index is 1.02. The Morgan fingerprint density at radius 3 is 2.67 bits per heavy atom. The van der Waals surface area contributed by atoms with E-state index in [1.807, 2.05) is 6.08 Å². The van der Waals surface area contributed by atoms with Gasteiger partial charge in [0, 0.05) is 6.42 Å².